The first-order valence-electron chi connectivity index (χ1n) is 8.30. The molecule has 0 aromatic heterocycles. The van der Waals surface area contributed by atoms with Crippen molar-refractivity contribution >= 4 is 5.96 Å². The van der Waals surface area contributed by atoms with Crippen LogP contribution < -0.4 is 15.4 Å². The Morgan fingerprint density at radius 2 is 1.72 bits per heavy atom. The number of nitrogens with zero attached hydrogens (tertiary/aromatic N) is 1. The fraction of sp³-hybridized carbons (Fsp3) is 0.316. The van der Waals surface area contributed by atoms with E-state index in [0.717, 1.165) is 11.1 Å². The fourth-order valence-electron chi connectivity index (χ4n) is 2.22. The van der Waals surface area contributed by atoms with E-state index in [1.807, 2.05) is 13.8 Å². The van der Waals surface area contributed by atoms with Crippen molar-refractivity contribution in [3.63, 3.8) is 0 Å². The first-order valence-corrected chi connectivity index (χ1v) is 8.30. The van der Waals surface area contributed by atoms with Crippen molar-refractivity contribution in [2.75, 3.05) is 13.2 Å². The Morgan fingerprint density at radius 1 is 1.00 bits per heavy atom. The smallest absolute Gasteiger partial charge is 0.191 e. The SMILES string of the molecule is CCNC(=NCc1ccc(OCC)c(F)c1)NCc1ccc(F)cc1. The third-order valence-corrected chi connectivity index (χ3v) is 3.43. The summed E-state index contributed by atoms with van der Waals surface area (Å²) in [5.74, 6) is 0.207. The second-order valence-electron chi connectivity index (χ2n) is 5.37. The van der Waals surface area contributed by atoms with Crippen LogP contribution in [-0.4, -0.2) is 19.1 Å². The van der Waals surface area contributed by atoms with Crippen LogP contribution in [0.4, 0.5) is 8.78 Å². The Kier molecular flexibility index (Phi) is 7.19. The Balaban J connectivity index is 1.98. The van der Waals surface area contributed by atoms with E-state index in [4.69, 9.17) is 4.74 Å². The predicted molar refractivity (Wildman–Crippen MR) is 95.6 cm³/mol. The lowest BCUT2D eigenvalue weighted by Crippen LogP contribution is -2.36. The van der Waals surface area contributed by atoms with Crippen LogP contribution in [0.2, 0.25) is 0 Å². The lowest BCUT2D eigenvalue weighted by atomic mass is 10.2. The molecule has 2 N–H and O–H groups in total. The monoisotopic (exact) mass is 347 g/mol. The molecule has 0 amide bonds. The molecular weight excluding hydrogens is 324 g/mol. The summed E-state index contributed by atoms with van der Waals surface area (Å²) in [7, 11) is 0. The summed E-state index contributed by atoms with van der Waals surface area (Å²) in [6, 6.07) is 11.1. The molecule has 0 saturated carbocycles. The van der Waals surface area contributed by atoms with Gasteiger partial charge >= 0.3 is 0 Å². The maximum atomic E-state index is 13.9. The zero-order valence-electron chi connectivity index (χ0n) is 14.5. The summed E-state index contributed by atoms with van der Waals surface area (Å²) in [4.78, 5) is 4.45. The summed E-state index contributed by atoms with van der Waals surface area (Å²) in [6.45, 7) is 5.75. The van der Waals surface area contributed by atoms with Crippen molar-refractivity contribution in [1.29, 1.82) is 0 Å². The first kappa shape index (κ1) is 18.7. The van der Waals surface area contributed by atoms with Crippen LogP contribution in [0.3, 0.4) is 0 Å². The van der Waals surface area contributed by atoms with E-state index in [0.29, 0.717) is 32.2 Å². The average molecular weight is 347 g/mol. The van der Waals surface area contributed by atoms with E-state index in [1.54, 1.807) is 24.3 Å². The molecule has 0 bridgehead atoms. The lowest BCUT2D eigenvalue weighted by molar-refractivity contribution is 0.321. The Bertz CT molecular complexity index is 702. The van der Waals surface area contributed by atoms with Crippen molar-refractivity contribution in [3.8, 4) is 5.75 Å². The second kappa shape index (κ2) is 9.61. The topological polar surface area (TPSA) is 45.7 Å². The van der Waals surface area contributed by atoms with E-state index in [1.165, 1.54) is 18.2 Å². The normalized spacial score (nSPS) is 11.3. The van der Waals surface area contributed by atoms with Crippen molar-refractivity contribution < 1.29 is 13.5 Å². The number of ether oxygens (including phenoxy) is 1. The maximum Gasteiger partial charge on any atom is 0.191 e. The molecule has 134 valence electrons. The predicted octanol–water partition coefficient (Wildman–Crippen LogP) is 3.62. The van der Waals surface area contributed by atoms with Gasteiger partial charge in [-0.05, 0) is 49.2 Å². The molecule has 0 saturated heterocycles. The highest BCUT2D eigenvalue weighted by Crippen LogP contribution is 2.18. The van der Waals surface area contributed by atoms with E-state index in [2.05, 4.69) is 15.6 Å². The first-order chi connectivity index (χ1) is 12.1. The number of aliphatic imine (C=N–C) groups is 1. The molecule has 2 rings (SSSR count). The molecule has 0 fully saturated rings. The average Bonchev–Trinajstić information content (AvgIpc) is 2.61. The zero-order chi connectivity index (χ0) is 18.1. The number of hydrogen-bond acceptors (Lipinski definition) is 2. The molecule has 0 unspecified atom stereocenters. The summed E-state index contributed by atoms with van der Waals surface area (Å²) >= 11 is 0. The number of hydrogen-bond donors (Lipinski definition) is 2. The molecule has 6 heteroatoms. The summed E-state index contributed by atoms with van der Waals surface area (Å²) in [5, 5.41) is 6.30. The van der Waals surface area contributed by atoms with Crippen molar-refractivity contribution in [3.05, 3.63) is 65.2 Å². The molecular formula is C19H23F2N3O. The molecule has 0 aliphatic carbocycles. The van der Waals surface area contributed by atoms with Gasteiger partial charge in [-0.3, -0.25) is 0 Å². The van der Waals surface area contributed by atoms with Gasteiger partial charge in [-0.15, -0.1) is 0 Å². The Hall–Kier alpha value is -2.63. The summed E-state index contributed by atoms with van der Waals surface area (Å²) < 4.78 is 32.0. The van der Waals surface area contributed by atoms with Gasteiger partial charge in [0.05, 0.1) is 13.2 Å². The van der Waals surface area contributed by atoms with E-state index < -0.39 is 0 Å². The number of guanidine groups is 1. The van der Waals surface area contributed by atoms with Gasteiger partial charge in [0.2, 0.25) is 0 Å². The highest BCUT2D eigenvalue weighted by atomic mass is 19.1. The summed E-state index contributed by atoms with van der Waals surface area (Å²) in [5.41, 5.74) is 1.69. The third-order valence-electron chi connectivity index (χ3n) is 3.43. The lowest BCUT2D eigenvalue weighted by Gasteiger charge is -2.12. The molecule has 0 spiro atoms. The van der Waals surface area contributed by atoms with E-state index >= 15 is 0 Å². The van der Waals surface area contributed by atoms with Crippen LogP contribution in [-0.2, 0) is 13.1 Å². The highest BCUT2D eigenvalue weighted by molar-refractivity contribution is 5.79. The van der Waals surface area contributed by atoms with Crippen LogP contribution in [0, 0.1) is 11.6 Å². The van der Waals surface area contributed by atoms with Gasteiger partial charge < -0.3 is 15.4 Å². The number of rotatable bonds is 7. The molecule has 2 aromatic carbocycles. The second-order valence-corrected chi connectivity index (χ2v) is 5.37. The van der Waals surface area contributed by atoms with E-state index in [9.17, 15) is 8.78 Å². The van der Waals surface area contributed by atoms with Gasteiger partial charge in [0.25, 0.3) is 0 Å². The van der Waals surface area contributed by atoms with Crippen LogP contribution in [0.5, 0.6) is 5.75 Å². The van der Waals surface area contributed by atoms with Crippen molar-refractivity contribution in [2.24, 2.45) is 4.99 Å². The quantitative estimate of drug-likeness (QED) is 0.594. The molecule has 0 aliphatic rings. The molecule has 0 aliphatic heterocycles. The standard InChI is InChI=1S/C19H23F2N3O/c1-3-22-19(23-12-14-5-8-16(20)9-6-14)24-13-15-7-10-18(25-4-2)17(21)11-15/h5-11H,3-4,12-13H2,1-2H3,(H2,22,23,24). The minimum Gasteiger partial charge on any atom is -0.491 e. The van der Waals surface area contributed by atoms with Crippen molar-refractivity contribution in [2.45, 2.75) is 26.9 Å². The van der Waals surface area contributed by atoms with Crippen LogP contribution in [0.1, 0.15) is 25.0 Å². The number of nitrogens with one attached hydrogen (secondary N) is 2. The summed E-state index contributed by atoms with van der Waals surface area (Å²) in [6.07, 6.45) is 0. The van der Waals surface area contributed by atoms with Crippen LogP contribution in [0.25, 0.3) is 0 Å². The number of halogens is 2. The fourth-order valence-corrected chi connectivity index (χ4v) is 2.22. The molecule has 0 radical (unpaired) electrons. The molecule has 4 nitrogen and oxygen atoms in total. The van der Waals surface area contributed by atoms with Gasteiger partial charge in [-0.1, -0.05) is 18.2 Å². The minimum absolute atomic E-state index is 0.247. The molecule has 0 heterocycles. The van der Waals surface area contributed by atoms with Crippen molar-refractivity contribution in [1.82, 2.24) is 10.6 Å². The Morgan fingerprint density at radius 3 is 2.36 bits per heavy atom. The van der Waals surface area contributed by atoms with Gasteiger partial charge in [-0.25, -0.2) is 13.8 Å². The van der Waals surface area contributed by atoms with Crippen LogP contribution >= 0.6 is 0 Å². The van der Waals surface area contributed by atoms with Gasteiger partial charge in [0, 0.05) is 13.1 Å². The van der Waals surface area contributed by atoms with E-state index in [-0.39, 0.29) is 17.4 Å². The maximum absolute atomic E-state index is 13.9. The largest absolute Gasteiger partial charge is 0.491 e. The Labute approximate surface area is 146 Å². The zero-order valence-corrected chi connectivity index (χ0v) is 14.5. The van der Waals surface area contributed by atoms with Gasteiger partial charge in [-0.2, -0.15) is 0 Å². The molecule has 0 atom stereocenters. The minimum atomic E-state index is -0.390. The highest BCUT2D eigenvalue weighted by Gasteiger charge is 2.05. The third kappa shape index (κ3) is 6.06. The number of benzene rings is 2. The molecule has 25 heavy (non-hydrogen) atoms. The van der Waals surface area contributed by atoms with Crippen LogP contribution in [0.15, 0.2) is 47.5 Å². The molecule has 2 aromatic rings. The van der Waals surface area contributed by atoms with Gasteiger partial charge in [0.15, 0.2) is 17.5 Å². The van der Waals surface area contributed by atoms with Gasteiger partial charge in [0.1, 0.15) is 5.82 Å².